The van der Waals surface area contributed by atoms with Gasteiger partial charge >= 0.3 is 5.97 Å². The lowest BCUT2D eigenvalue weighted by Gasteiger charge is -2.17. The Bertz CT molecular complexity index is 592. The van der Waals surface area contributed by atoms with E-state index in [2.05, 4.69) is 6.92 Å². The zero-order chi connectivity index (χ0) is 15.6. The van der Waals surface area contributed by atoms with E-state index in [1.54, 1.807) is 23.1 Å². The number of carbonyl (C=O) groups excluding carboxylic acids is 1. The molecule has 1 aromatic rings. The van der Waals surface area contributed by atoms with E-state index in [9.17, 15) is 9.59 Å². The van der Waals surface area contributed by atoms with Crippen LogP contribution in [-0.4, -0.2) is 35.5 Å². The molecule has 112 valence electrons. The van der Waals surface area contributed by atoms with Crippen LogP contribution < -0.4 is 0 Å². The summed E-state index contributed by atoms with van der Waals surface area (Å²) in [4.78, 5) is 24.7. The van der Waals surface area contributed by atoms with Gasteiger partial charge in [0.15, 0.2) is 0 Å². The van der Waals surface area contributed by atoms with Crippen molar-refractivity contribution in [1.82, 2.24) is 4.90 Å². The zero-order valence-electron chi connectivity index (χ0n) is 12.7. The maximum absolute atomic E-state index is 12.4. The molecule has 21 heavy (non-hydrogen) atoms. The van der Waals surface area contributed by atoms with Crippen LogP contribution >= 0.6 is 0 Å². The lowest BCUT2D eigenvalue weighted by Crippen LogP contribution is -2.29. The van der Waals surface area contributed by atoms with Crippen LogP contribution in [-0.2, 0) is 4.79 Å². The number of aryl methyl sites for hydroxylation is 1. The van der Waals surface area contributed by atoms with Crippen molar-refractivity contribution in [3.63, 3.8) is 0 Å². The monoisotopic (exact) mass is 287 g/mol. The summed E-state index contributed by atoms with van der Waals surface area (Å²) in [6.45, 7) is 4.89. The smallest absolute Gasteiger partial charge is 0.328 e. The van der Waals surface area contributed by atoms with Gasteiger partial charge in [-0.25, -0.2) is 4.79 Å². The first-order chi connectivity index (χ1) is 9.88. The van der Waals surface area contributed by atoms with Crippen molar-refractivity contribution in [2.75, 3.05) is 13.6 Å². The largest absolute Gasteiger partial charge is 0.478 e. The Kier molecular flexibility index (Phi) is 4.46. The van der Waals surface area contributed by atoms with Crippen LogP contribution in [0.1, 0.15) is 34.8 Å². The first kappa shape index (κ1) is 15.3. The summed E-state index contributed by atoms with van der Waals surface area (Å²) < 4.78 is 0. The molecular formula is C17H21NO3. The van der Waals surface area contributed by atoms with Gasteiger partial charge < -0.3 is 10.0 Å². The SMILES string of the molecule is Cc1cc(C(=O)N(C)CC2CC2C)ccc1/C=C/C(=O)O. The van der Waals surface area contributed by atoms with Crippen molar-refractivity contribution in [2.45, 2.75) is 20.3 Å². The van der Waals surface area contributed by atoms with Crippen LogP contribution in [0.25, 0.3) is 6.08 Å². The molecule has 1 fully saturated rings. The molecule has 4 heteroatoms. The van der Waals surface area contributed by atoms with Gasteiger partial charge in [0.25, 0.3) is 5.91 Å². The Morgan fingerprint density at radius 3 is 2.62 bits per heavy atom. The lowest BCUT2D eigenvalue weighted by atomic mass is 10.0. The van der Waals surface area contributed by atoms with Crippen molar-refractivity contribution in [3.05, 3.63) is 41.0 Å². The first-order valence-electron chi connectivity index (χ1n) is 7.15. The van der Waals surface area contributed by atoms with E-state index < -0.39 is 5.97 Å². The van der Waals surface area contributed by atoms with Gasteiger partial charge in [-0.2, -0.15) is 0 Å². The number of carboxylic acids is 1. The minimum Gasteiger partial charge on any atom is -0.478 e. The molecule has 0 spiro atoms. The zero-order valence-corrected chi connectivity index (χ0v) is 12.7. The van der Waals surface area contributed by atoms with Crippen molar-refractivity contribution in [1.29, 1.82) is 0 Å². The molecule has 4 nitrogen and oxygen atoms in total. The fourth-order valence-electron chi connectivity index (χ4n) is 2.47. The van der Waals surface area contributed by atoms with Gasteiger partial charge in [0.1, 0.15) is 0 Å². The predicted molar refractivity (Wildman–Crippen MR) is 82.1 cm³/mol. The van der Waals surface area contributed by atoms with Gasteiger partial charge in [0.2, 0.25) is 0 Å². The molecule has 0 bridgehead atoms. The summed E-state index contributed by atoms with van der Waals surface area (Å²) >= 11 is 0. The molecular weight excluding hydrogens is 266 g/mol. The highest BCUT2D eigenvalue weighted by molar-refractivity contribution is 5.94. The van der Waals surface area contributed by atoms with E-state index in [0.717, 1.165) is 29.7 Å². The maximum atomic E-state index is 12.4. The quantitative estimate of drug-likeness (QED) is 0.847. The standard InChI is InChI=1S/C17H21NO3/c1-11-8-14(5-4-13(11)6-7-16(19)20)17(21)18(3)10-15-9-12(15)2/h4-8,12,15H,9-10H2,1-3H3,(H,19,20)/b7-6+. The van der Waals surface area contributed by atoms with Crippen LogP contribution in [0, 0.1) is 18.8 Å². The van der Waals surface area contributed by atoms with E-state index in [0.29, 0.717) is 11.5 Å². The number of aliphatic carboxylic acids is 1. The Labute approximate surface area is 125 Å². The molecule has 2 unspecified atom stereocenters. The van der Waals surface area contributed by atoms with Crippen LogP contribution in [0.5, 0.6) is 0 Å². The second-order valence-electron chi connectivity index (χ2n) is 5.90. The highest BCUT2D eigenvalue weighted by atomic mass is 16.4. The Morgan fingerprint density at radius 1 is 1.43 bits per heavy atom. The van der Waals surface area contributed by atoms with E-state index in [1.165, 1.54) is 6.42 Å². The van der Waals surface area contributed by atoms with E-state index >= 15 is 0 Å². The number of carboxylic acid groups (broad SMARTS) is 1. The normalized spacial score (nSPS) is 20.5. The molecule has 0 aromatic heterocycles. The van der Waals surface area contributed by atoms with Crippen LogP contribution in [0.3, 0.4) is 0 Å². The fraction of sp³-hybridized carbons (Fsp3) is 0.412. The summed E-state index contributed by atoms with van der Waals surface area (Å²) in [6.07, 6.45) is 3.85. The van der Waals surface area contributed by atoms with E-state index in [1.807, 2.05) is 20.0 Å². The topological polar surface area (TPSA) is 57.6 Å². The number of carbonyl (C=O) groups is 2. The van der Waals surface area contributed by atoms with Crippen LogP contribution in [0.15, 0.2) is 24.3 Å². The summed E-state index contributed by atoms with van der Waals surface area (Å²) in [5.41, 5.74) is 2.36. The molecule has 1 aliphatic rings. The van der Waals surface area contributed by atoms with Crippen molar-refractivity contribution in [3.8, 4) is 0 Å². The molecule has 1 aromatic carbocycles. The molecule has 1 amide bonds. The molecule has 0 radical (unpaired) electrons. The van der Waals surface area contributed by atoms with Gasteiger partial charge in [-0.15, -0.1) is 0 Å². The van der Waals surface area contributed by atoms with Gasteiger partial charge in [-0.3, -0.25) is 4.79 Å². The molecule has 1 aliphatic carbocycles. The summed E-state index contributed by atoms with van der Waals surface area (Å²) in [5.74, 6) is 0.405. The van der Waals surface area contributed by atoms with Gasteiger partial charge in [0, 0.05) is 25.2 Å². The average Bonchev–Trinajstić information content (AvgIpc) is 3.11. The number of benzene rings is 1. The summed E-state index contributed by atoms with van der Waals surface area (Å²) in [6, 6.07) is 5.36. The number of hydrogen-bond acceptors (Lipinski definition) is 2. The average molecular weight is 287 g/mol. The second-order valence-corrected chi connectivity index (χ2v) is 5.90. The highest BCUT2D eigenvalue weighted by Crippen LogP contribution is 2.38. The van der Waals surface area contributed by atoms with Crippen LogP contribution in [0.4, 0.5) is 0 Å². The Morgan fingerprint density at radius 2 is 2.10 bits per heavy atom. The molecule has 1 saturated carbocycles. The molecule has 2 rings (SSSR count). The first-order valence-corrected chi connectivity index (χ1v) is 7.15. The molecule has 0 aliphatic heterocycles. The van der Waals surface area contributed by atoms with E-state index in [4.69, 9.17) is 5.11 Å². The van der Waals surface area contributed by atoms with Crippen molar-refractivity contribution in [2.24, 2.45) is 11.8 Å². The van der Waals surface area contributed by atoms with Gasteiger partial charge in [-0.05, 0) is 54.5 Å². The number of amides is 1. The van der Waals surface area contributed by atoms with Crippen LogP contribution in [0.2, 0.25) is 0 Å². The number of hydrogen-bond donors (Lipinski definition) is 1. The molecule has 1 N–H and O–H groups in total. The van der Waals surface area contributed by atoms with E-state index in [-0.39, 0.29) is 5.91 Å². The Hall–Kier alpha value is -2.10. The minimum absolute atomic E-state index is 0.0194. The van der Waals surface area contributed by atoms with Crippen molar-refractivity contribution < 1.29 is 14.7 Å². The Balaban J connectivity index is 2.08. The third-order valence-corrected chi connectivity index (χ3v) is 4.05. The van der Waals surface area contributed by atoms with Gasteiger partial charge in [0.05, 0.1) is 0 Å². The fourth-order valence-corrected chi connectivity index (χ4v) is 2.47. The summed E-state index contributed by atoms with van der Waals surface area (Å²) in [7, 11) is 1.83. The number of nitrogens with zero attached hydrogens (tertiary/aromatic N) is 1. The third-order valence-electron chi connectivity index (χ3n) is 4.05. The predicted octanol–water partition coefficient (Wildman–Crippen LogP) is 2.82. The van der Waals surface area contributed by atoms with Gasteiger partial charge in [-0.1, -0.05) is 13.0 Å². The third kappa shape index (κ3) is 3.94. The molecule has 0 heterocycles. The lowest BCUT2D eigenvalue weighted by molar-refractivity contribution is -0.131. The minimum atomic E-state index is -0.979. The molecule has 2 atom stereocenters. The molecule has 0 saturated heterocycles. The summed E-state index contributed by atoms with van der Waals surface area (Å²) in [5, 5.41) is 8.64. The number of rotatable bonds is 5. The second kappa shape index (κ2) is 6.12. The highest BCUT2D eigenvalue weighted by Gasteiger charge is 2.34. The van der Waals surface area contributed by atoms with Crippen molar-refractivity contribution >= 4 is 18.0 Å². The maximum Gasteiger partial charge on any atom is 0.328 e.